The summed E-state index contributed by atoms with van der Waals surface area (Å²) >= 11 is 0.752. The number of aromatic nitrogens is 4. The smallest absolute Gasteiger partial charge is 0.434 e. The Kier molecular flexibility index (Phi) is 10.8. The van der Waals surface area contributed by atoms with Crippen LogP contribution in [0, 0.1) is 0 Å². The van der Waals surface area contributed by atoms with Crippen molar-refractivity contribution in [1.82, 2.24) is 34.6 Å². The fraction of sp³-hybridized carbons (Fsp3) is 0.438. The van der Waals surface area contributed by atoms with Crippen molar-refractivity contribution in [3.63, 3.8) is 0 Å². The molecule has 0 aromatic carbocycles. The molecule has 0 spiro atoms. The number of halogens is 3. The van der Waals surface area contributed by atoms with Crippen molar-refractivity contribution in [2.75, 3.05) is 44.6 Å². The molecule has 3 N–H and O–H groups in total. The summed E-state index contributed by atoms with van der Waals surface area (Å²) in [6.45, 7) is 11.4. The Morgan fingerprint density at radius 1 is 1.12 bits per heavy atom. The molecule has 1 atom stereocenters. The van der Waals surface area contributed by atoms with E-state index in [1.54, 1.807) is 11.5 Å². The topological polar surface area (TPSA) is 146 Å². The van der Waals surface area contributed by atoms with Crippen LogP contribution in [0.4, 0.5) is 23.8 Å². The number of alkyl halides is 3. The van der Waals surface area contributed by atoms with Crippen LogP contribution < -0.4 is 16.1 Å². The minimum atomic E-state index is -4.68. The number of nitrogens with one attached hydrogen (secondary N) is 2. The monoisotopic (exact) mass is 686 g/mol. The van der Waals surface area contributed by atoms with E-state index in [4.69, 9.17) is 0 Å². The minimum absolute atomic E-state index is 0.0108. The van der Waals surface area contributed by atoms with Crippen LogP contribution in [-0.2, 0) is 12.7 Å². The lowest BCUT2D eigenvalue weighted by Gasteiger charge is -2.28. The molecule has 12 nitrogen and oxygen atoms in total. The van der Waals surface area contributed by atoms with E-state index in [1.807, 2.05) is 0 Å². The van der Waals surface area contributed by atoms with Crippen LogP contribution in [0.3, 0.4) is 0 Å². The number of aromatic carboxylic acids is 1. The highest BCUT2D eigenvalue weighted by Crippen LogP contribution is 2.38. The molecule has 1 aliphatic heterocycles. The third-order valence-electron chi connectivity index (χ3n) is 8.49. The Balaban J connectivity index is 1.58. The SMILES string of the molecule is CCNC(=O)Nc1cc(-c2nc(C(F)(F)F)cs2)c(-c2cc3c(=O)c(C(=O)O)cn(C[C@H]4CCCN4CCN(CC)CC)c3cn2)cn1. The number of urea groups is 1. The number of hydrogen-bond donors (Lipinski definition) is 3. The minimum Gasteiger partial charge on any atom is -0.477 e. The predicted octanol–water partition coefficient (Wildman–Crippen LogP) is 5.25. The molecule has 0 bridgehead atoms. The molecule has 16 heteroatoms. The second-order valence-electron chi connectivity index (χ2n) is 11.4. The largest absolute Gasteiger partial charge is 0.477 e. The number of pyridine rings is 3. The quantitative estimate of drug-likeness (QED) is 0.182. The van der Waals surface area contributed by atoms with Crippen molar-refractivity contribution in [2.45, 2.75) is 52.4 Å². The van der Waals surface area contributed by atoms with E-state index >= 15 is 0 Å². The molecule has 5 heterocycles. The average Bonchev–Trinajstić information content (AvgIpc) is 3.73. The molecule has 4 aromatic rings. The highest BCUT2D eigenvalue weighted by Gasteiger charge is 2.34. The Labute approximate surface area is 278 Å². The van der Waals surface area contributed by atoms with Gasteiger partial charge in [0.2, 0.25) is 5.43 Å². The van der Waals surface area contributed by atoms with Crippen LogP contribution in [0.15, 0.2) is 40.9 Å². The summed E-state index contributed by atoms with van der Waals surface area (Å²) in [5.74, 6) is -1.31. The standard InChI is InChI=1S/C32H37F3N8O4S/c1-4-36-31(47)40-27-13-20(29-39-26(18-48-29)32(33,34)35)22(14-38-27)24-12-21-25(15-37-24)43(17-23(28(21)44)30(45)46)16-19-8-7-9-42(19)11-10-41(5-2)6-3/h12-15,17-19H,4-11,16H2,1-3H3,(H,45,46)(H2,36,38,40,47)/t19-/m1/s1. The number of likely N-dealkylation sites (tertiary alicyclic amines) is 1. The molecule has 1 aliphatic rings. The summed E-state index contributed by atoms with van der Waals surface area (Å²) < 4.78 is 42.2. The normalized spacial score (nSPS) is 15.4. The molecule has 4 aromatic heterocycles. The zero-order chi connectivity index (χ0) is 34.6. The van der Waals surface area contributed by atoms with Gasteiger partial charge in [0.25, 0.3) is 0 Å². The molecule has 2 amide bonds. The van der Waals surface area contributed by atoms with Gasteiger partial charge in [-0.15, -0.1) is 11.3 Å². The molecule has 48 heavy (non-hydrogen) atoms. The maximum absolute atomic E-state index is 13.5. The molecule has 5 rings (SSSR count). The number of fused-ring (bicyclic) bond motifs is 1. The third-order valence-corrected chi connectivity index (χ3v) is 9.36. The zero-order valence-corrected chi connectivity index (χ0v) is 27.6. The van der Waals surface area contributed by atoms with Crippen LogP contribution in [0.2, 0.25) is 0 Å². The van der Waals surface area contributed by atoms with E-state index in [1.165, 1.54) is 30.7 Å². The van der Waals surface area contributed by atoms with Gasteiger partial charge in [0.1, 0.15) is 16.4 Å². The van der Waals surface area contributed by atoms with Crippen molar-refractivity contribution in [3.05, 3.63) is 57.6 Å². The van der Waals surface area contributed by atoms with Crippen molar-refractivity contribution in [2.24, 2.45) is 0 Å². The summed E-state index contributed by atoms with van der Waals surface area (Å²) in [5, 5.41) is 16.0. The summed E-state index contributed by atoms with van der Waals surface area (Å²) in [6.07, 6.45) is 1.40. The number of amides is 2. The number of carboxylic acids is 1. The molecule has 0 saturated carbocycles. The third kappa shape index (κ3) is 7.66. The van der Waals surface area contributed by atoms with Crippen molar-refractivity contribution >= 4 is 40.1 Å². The second-order valence-corrected chi connectivity index (χ2v) is 12.3. The maximum atomic E-state index is 13.5. The summed E-state index contributed by atoms with van der Waals surface area (Å²) in [7, 11) is 0. The van der Waals surface area contributed by atoms with Gasteiger partial charge in [-0.2, -0.15) is 13.2 Å². The lowest BCUT2D eigenvalue weighted by atomic mass is 10.0. The fourth-order valence-electron chi connectivity index (χ4n) is 5.93. The first-order valence-electron chi connectivity index (χ1n) is 15.7. The van der Waals surface area contributed by atoms with E-state index in [-0.39, 0.29) is 39.1 Å². The Bertz CT molecular complexity index is 1860. The van der Waals surface area contributed by atoms with Gasteiger partial charge in [0.05, 0.1) is 22.8 Å². The van der Waals surface area contributed by atoms with Crippen LogP contribution in [0.1, 0.15) is 49.7 Å². The van der Waals surface area contributed by atoms with Gasteiger partial charge in [-0.25, -0.2) is 19.6 Å². The fourth-order valence-corrected chi connectivity index (χ4v) is 6.78. The van der Waals surface area contributed by atoms with Gasteiger partial charge in [-0.1, -0.05) is 13.8 Å². The van der Waals surface area contributed by atoms with Crippen LogP contribution >= 0.6 is 11.3 Å². The number of thiazole rings is 1. The number of anilines is 1. The molecule has 1 fully saturated rings. The first-order chi connectivity index (χ1) is 22.9. The van der Waals surface area contributed by atoms with Crippen LogP contribution in [-0.4, -0.2) is 91.7 Å². The zero-order valence-electron chi connectivity index (χ0n) is 26.8. The molecular weight excluding hydrogens is 649 g/mol. The Morgan fingerprint density at radius 3 is 2.56 bits per heavy atom. The van der Waals surface area contributed by atoms with Gasteiger partial charge in [0, 0.05) is 61.1 Å². The lowest BCUT2D eigenvalue weighted by molar-refractivity contribution is -0.140. The highest BCUT2D eigenvalue weighted by molar-refractivity contribution is 7.13. The van der Waals surface area contributed by atoms with Gasteiger partial charge in [-0.05, 0) is 51.5 Å². The number of carboxylic acid groups (broad SMARTS) is 1. The van der Waals surface area contributed by atoms with E-state index in [9.17, 15) is 32.7 Å². The van der Waals surface area contributed by atoms with Crippen LogP contribution in [0.25, 0.3) is 32.7 Å². The Hall–Kier alpha value is -4.41. The molecule has 256 valence electrons. The average molecular weight is 687 g/mol. The molecule has 0 aliphatic carbocycles. The first kappa shape index (κ1) is 34.9. The second kappa shape index (κ2) is 14.8. The summed E-state index contributed by atoms with van der Waals surface area (Å²) in [4.78, 5) is 55.3. The van der Waals surface area contributed by atoms with E-state index in [0.29, 0.717) is 18.6 Å². The number of hydrogen-bond acceptors (Lipinski definition) is 9. The number of nitrogens with zero attached hydrogens (tertiary/aromatic N) is 6. The number of carbonyl (C=O) groups is 2. The van der Waals surface area contributed by atoms with E-state index < -0.39 is 34.9 Å². The summed E-state index contributed by atoms with van der Waals surface area (Å²) in [5.41, 5.74) is -1.16. The molecule has 0 radical (unpaired) electrons. The lowest BCUT2D eigenvalue weighted by Crippen LogP contribution is -2.39. The number of likely N-dealkylation sites (N-methyl/N-ethyl adjacent to an activating group) is 1. The molecular formula is C32H37F3N8O4S. The number of carbonyl (C=O) groups excluding carboxylic acids is 1. The van der Waals surface area contributed by atoms with Gasteiger partial charge < -0.3 is 19.9 Å². The molecule has 0 unspecified atom stereocenters. The Morgan fingerprint density at radius 2 is 1.90 bits per heavy atom. The van der Waals surface area contributed by atoms with Crippen LogP contribution in [0.5, 0.6) is 0 Å². The number of rotatable bonds is 12. The van der Waals surface area contributed by atoms with Crippen molar-refractivity contribution in [3.8, 4) is 21.8 Å². The highest BCUT2D eigenvalue weighted by atomic mass is 32.1. The predicted molar refractivity (Wildman–Crippen MR) is 177 cm³/mol. The van der Waals surface area contributed by atoms with Crippen molar-refractivity contribution in [1.29, 1.82) is 0 Å². The van der Waals surface area contributed by atoms with Gasteiger partial charge in [0.15, 0.2) is 5.69 Å². The summed E-state index contributed by atoms with van der Waals surface area (Å²) in [6, 6.07) is 2.39. The first-order valence-corrected chi connectivity index (χ1v) is 16.6. The maximum Gasteiger partial charge on any atom is 0.434 e. The van der Waals surface area contributed by atoms with Gasteiger partial charge >= 0.3 is 18.2 Å². The van der Waals surface area contributed by atoms with E-state index in [2.05, 4.69) is 49.2 Å². The molecule has 1 saturated heterocycles. The van der Waals surface area contributed by atoms with Gasteiger partial charge in [-0.3, -0.25) is 20.0 Å². The van der Waals surface area contributed by atoms with E-state index in [0.717, 1.165) is 62.3 Å². The van der Waals surface area contributed by atoms with Crippen molar-refractivity contribution < 1.29 is 27.9 Å².